The van der Waals surface area contributed by atoms with E-state index in [1.165, 1.54) is 207 Å². The number of hydrogen-bond acceptors (Lipinski definition) is 0. The van der Waals surface area contributed by atoms with Crippen LogP contribution in [0.25, 0.3) is 16.9 Å². The van der Waals surface area contributed by atoms with Gasteiger partial charge in [-0.15, -0.1) is 0 Å². The SMILES string of the molecule is CCCCCCCCCCCCCCCCCCCCCCCCC1=C(c2cccc(CCCCC)c2)[N+](=[N-])C(c2cccc(CCCC)c2)=C1CCCC. The minimum absolute atomic E-state index is 1.02. The first-order valence-corrected chi connectivity index (χ1v) is 24.3. The molecule has 2 nitrogen and oxygen atoms in total. The van der Waals surface area contributed by atoms with Crippen LogP contribution in [0, 0.1) is 0 Å². The minimum Gasteiger partial charge on any atom is -0.493 e. The van der Waals surface area contributed by atoms with Gasteiger partial charge in [-0.1, -0.05) is 212 Å². The maximum Gasteiger partial charge on any atom is 0.211 e. The van der Waals surface area contributed by atoms with Gasteiger partial charge in [-0.05, 0) is 86.8 Å². The number of aryl methyl sites for hydroxylation is 2. The number of hydrogen-bond donors (Lipinski definition) is 0. The van der Waals surface area contributed by atoms with E-state index in [9.17, 15) is 5.53 Å². The highest BCUT2D eigenvalue weighted by atomic mass is 15.2. The van der Waals surface area contributed by atoms with Gasteiger partial charge in [0, 0.05) is 22.3 Å². The molecule has 0 radical (unpaired) electrons. The van der Waals surface area contributed by atoms with Crippen LogP contribution < -0.4 is 0 Å². The molecule has 308 valence electrons. The van der Waals surface area contributed by atoms with Crippen LogP contribution in [0.3, 0.4) is 0 Å². The molecule has 2 aromatic rings. The zero-order valence-corrected chi connectivity index (χ0v) is 36.8. The standard InChI is InChI=1S/C53H86N2/c1-5-9-13-14-15-16-17-18-19-20-21-22-23-24-25-26-27-28-29-30-31-33-43-51-50(42-12-8-4)52(48-40-34-38-46(44-48)36-11-7-3)55(54)53(51)49-41-35-39-47(45-49)37-32-10-6-2/h34-35,38-41,44-45H,5-33,36-37,42-43H2,1-4H3. The molecule has 0 amide bonds. The van der Waals surface area contributed by atoms with Crippen molar-refractivity contribution in [2.45, 2.75) is 240 Å². The van der Waals surface area contributed by atoms with E-state index < -0.39 is 0 Å². The maximum atomic E-state index is 12.2. The van der Waals surface area contributed by atoms with Crippen molar-refractivity contribution in [2.75, 3.05) is 0 Å². The second-order valence-corrected chi connectivity index (χ2v) is 17.2. The number of benzene rings is 2. The van der Waals surface area contributed by atoms with Gasteiger partial charge in [-0.25, -0.2) is 4.70 Å². The normalized spacial score (nSPS) is 13.2. The van der Waals surface area contributed by atoms with Crippen LogP contribution in [0.4, 0.5) is 0 Å². The van der Waals surface area contributed by atoms with E-state index in [2.05, 4.69) is 76.2 Å². The molecule has 0 saturated heterocycles. The van der Waals surface area contributed by atoms with Gasteiger partial charge in [0.1, 0.15) is 0 Å². The summed E-state index contributed by atoms with van der Waals surface area (Å²) in [6, 6.07) is 18.1. The summed E-state index contributed by atoms with van der Waals surface area (Å²) in [5.41, 5.74) is 22.1. The summed E-state index contributed by atoms with van der Waals surface area (Å²) in [5, 5.41) is 0. The van der Waals surface area contributed by atoms with Crippen LogP contribution in [0.1, 0.15) is 249 Å². The third kappa shape index (κ3) is 18.6. The number of nitrogens with zero attached hydrogens (tertiary/aromatic N) is 2. The minimum atomic E-state index is 1.02. The van der Waals surface area contributed by atoms with Crippen molar-refractivity contribution in [3.63, 3.8) is 0 Å². The molecule has 0 saturated carbocycles. The topological polar surface area (TPSA) is 25.3 Å². The van der Waals surface area contributed by atoms with Gasteiger partial charge < -0.3 is 5.53 Å². The molecule has 3 rings (SSSR count). The Hall–Kier alpha value is -2.48. The first kappa shape index (κ1) is 46.9. The Morgan fingerprint density at radius 3 is 1.04 bits per heavy atom. The monoisotopic (exact) mass is 751 g/mol. The number of unbranched alkanes of at least 4 members (excludes halogenated alkanes) is 25. The highest BCUT2D eigenvalue weighted by Gasteiger charge is 2.35. The second-order valence-electron chi connectivity index (χ2n) is 17.2. The Balaban J connectivity index is 1.46. The van der Waals surface area contributed by atoms with Gasteiger partial charge in [0.05, 0.1) is 0 Å². The predicted molar refractivity (Wildman–Crippen MR) is 244 cm³/mol. The van der Waals surface area contributed by atoms with Gasteiger partial charge in [-0.3, -0.25) is 0 Å². The lowest BCUT2D eigenvalue weighted by Gasteiger charge is -2.12. The van der Waals surface area contributed by atoms with E-state index in [4.69, 9.17) is 0 Å². The van der Waals surface area contributed by atoms with Crippen molar-refractivity contribution < 1.29 is 4.70 Å². The maximum absolute atomic E-state index is 12.2. The fourth-order valence-corrected chi connectivity index (χ4v) is 8.76. The Morgan fingerprint density at radius 1 is 0.345 bits per heavy atom. The summed E-state index contributed by atoms with van der Waals surface area (Å²) >= 11 is 0. The first-order valence-electron chi connectivity index (χ1n) is 24.3. The molecule has 1 heterocycles. The third-order valence-electron chi connectivity index (χ3n) is 12.2. The number of allylic oxidation sites excluding steroid dienone is 2. The molecule has 0 aromatic heterocycles. The van der Waals surface area contributed by atoms with Gasteiger partial charge in [-0.2, -0.15) is 0 Å². The molecule has 2 aromatic carbocycles. The van der Waals surface area contributed by atoms with Crippen molar-refractivity contribution in [2.24, 2.45) is 0 Å². The lowest BCUT2D eigenvalue weighted by atomic mass is 9.91. The molecule has 1 aliphatic rings. The molecule has 0 aliphatic carbocycles. The summed E-state index contributed by atoms with van der Waals surface area (Å²) < 4.78 is 1.60. The van der Waals surface area contributed by atoms with E-state index in [1.807, 2.05) is 0 Å². The highest BCUT2D eigenvalue weighted by Crippen LogP contribution is 2.45. The molecular weight excluding hydrogens is 665 g/mol. The van der Waals surface area contributed by atoms with Crippen LogP contribution >= 0.6 is 0 Å². The van der Waals surface area contributed by atoms with Crippen LogP contribution in [0.15, 0.2) is 59.7 Å². The largest absolute Gasteiger partial charge is 0.493 e. The zero-order valence-electron chi connectivity index (χ0n) is 36.8. The summed E-state index contributed by atoms with van der Waals surface area (Å²) in [6.07, 6.45) is 43.8. The molecule has 55 heavy (non-hydrogen) atoms. The average molecular weight is 751 g/mol. The Kier molecular flexibility index (Phi) is 26.1. The van der Waals surface area contributed by atoms with Crippen LogP contribution in [0.2, 0.25) is 0 Å². The second kappa shape index (κ2) is 30.6. The summed E-state index contributed by atoms with van der Waals surface area (Å²) in [4.78, 5) is 0. The molecular formula is C53H86N2. The Morgan fingerprint density at radius 2 is 0.636 bits per heavy atom. The lowest BCUT2D eigenvalue weighted by Crippen LogP contribution is -2.03. The van der Waals surface area contributed by atoms with Crippen molar-refractivity contribution in [3.05, 3.63) is 87.5 Å². The molecule has 1 aliphatic heterocycles. The van der Waals surface area contributed by atoms with E-state index >= 15 is 0 Å². The molecule has 0 N–H and O–H groups in total. The molecule has 2 heteroatoms. The van der Waals surface area contributed by atoms with Gasteiger partial charge in [0.15, 0.2) is 0 Å². The third-order valence-corrected chi connectivity index (χ3v) is 12.2. The van der Waals surface area contributed by atoms with E-state index in [1.54, 1.807) is 4.70 Å². The average Bonchev–Trinajstić information content (AvgIpc) is 3.48. The quantitative estimate of drug-likeness (QED) is 0.0495. The molecule has 0 atom stereocenters. The molecule has 0 unspecified atom stereocenters. The summed E-state index contributed by atoms with van der Waals surface area (Å²) in [7, 11) is 0. The fourth-order valence-electron chi connectivity index (χ4n) is 8.76. The molecule has 0 spiro atoms. The zero-order chi connectivity index (χ0) is 39.2. The molecule has 0 bridgehead atoms. The lowest BCUT2D eigenvalue weighted by molar-refractivity contribution is -0.345. The van der Waals surface area contributed by atoms with E-state index in [-0.39, 0.29) is 0 Å². The number of rotatable bonds is 35. The summed E-state index contributed by atoms with van der Waals surface area (Å²) in [5.74, 6) is 0. The van der Waals surface area contributed by atoms with Crippen LogP contribution in [-0.4, -0.2) is 4.70 Å². The van der Waals surface area contributed by atoms with E-state index in [0.717, 1.165) is 49.9 Å². The van der Waals surface area contributed by atoms with Crippen molar-refractivity contribution in [3.8, 4) is 0 Å². The van der Waals surface area contributed by atoms with Crippen molar-refractivity contribution in [1.82, 2.24) is 0 Å². The van der Waals surface area contributed by atoms with Crippen molar-refractivity contribution in [1.29, 1.82) is 0 Å². The van der Waals surface area contributed by atoms with Gasteiger partial charge in [0.25, 0.3) is 0 Å². The summed E-state index contributed by atoms with van der Waals surface area (Å²) in [6.45, 7) is 9.14. The predicted octanol–water partition coefficient (Wildman–Crippen LogP) is 18.1. The van der Waals surface area contributed by atoms with Gasteiger partial charge >= 0.3 is 0 Å². The molecule has 0 fully saturated rings. The Labute approximate surface area is 342 Å². The smallest absolute Gasteiger partial charge is 0.211 e. The van der Waals surface area contributed by atoms with Crippen molar-refractivity contribution >= 4 is 11.4 Å². The first-order chi connectivity index (χ1) is 27.1. The van der Waals surface area contributed by atoms with Crippen LogP contribution in [0.5, 0.6) is 0 Å². The fraction of sp³-hybridized carbons (Fsp3) is 0.698. The highest BCUT2D eigenvalue weighted by molar-refractivity contribution is 5.82. The van der Waals surface area contributed by atoms with Gasteiger partial charge in [0.2, 0.25) is 11.4 Å². The Bertz CT molecular complexity index is 1360. The van der Waals surface area contributed by atoms with Crippen LogP contribution in [-0.2, 0) is 12.8 Å². The van der Waals surface area contributed by atoms with E-state index in [0.29, 0.717) is 0 Å².